The Morgan fingerprint density at radius 2 is 2.00 bits per heavy atom. The monoisotopic (exact) mass is 290 g/mol. The number of anilines is 2. The van der Waals surface area contributed by atoms with Crippen LogP contribution < -0.4 is 10.6 Å². The fourth-order valence-corrected chi connectivity index (χ4v) is 3.21. The molecule has 1 aromatic carbocycles. The smallest absolute Gasteiger partial charge is 0.337 e. The van der Waals surface area contributed by atoms with Gasteiger partial charge in [0.2, 0.25) is 0 Å². The molecule has 0 bridgehead atoms. The van der Waals surface area contributed by atoms with Crippen molar-refractivity contribution in [1.82, 2.24) is 0 Å². The van der Waals surface area contributed by atoms with Crippen LogP contribution in [0.4, 0.5) is 11.4 Å². The van der Waals surface area contributed by atoms with E-state index in [4.69, 9.17) is 5.73 Å². The fraction of sp³-hybridized carbons (Fsp3) is 0.588. The van der Waals surface area contributed by atoms with Crippen LogP contribution in [0.3, 0.4) is 0 Å². The van der Waals surface area contributed by atoms with E-state index < -0.39 is 5.97 Å². The summed E-state index contributed by atoms with van der Waals surface area (Å²) in [6.45, 7) is 5.23. The zero-order chi connectivity index (χ0) is 15.4. The SMILES string of the molecule is CC(C)CN(c1ccc(N)cc1C(=O)O)C1CCCCC1. The van der Waals surface area contributed by atoms with E-state index in [0.717, 1.165) is 25.1 Å². The average Bonchev–Trinajstić information content (AvgIpc) is 2.45. The van der Waals surface area contributed by atoms with E-state index in [1.54, 1.807) is 12.1 Å². The van der Waals surface area contributed by atoms with Crippen molar-refractivity contribution in [2.24, 2.45) is 5.92 Å². The molecule has 0 aromatic heterocycles. The summed E-state index contributed by atoms with van der Waals surface area (Å²) in [5, 5.41) is 9.49. The Labute approximate surface area is 126 Å². The molecular weight excluding hydrogens is 264 g/mol. The summed E-state index contributed by atoms with van der Waals surface area (Å²) in [6.07, 6.45) is 6.05. The molecule has 1 aliphatic carbocycles. The van der Waals surface area contributed by atoms with Crippen LogP contribution in [0.25, 0.3) is 0 Å². The Morgan fingerprint density at radius 3 is 2.57 bits per heavy atom. The molecule has 0 radical (unpaired) electrons. The molecule has 3 N–H and O–H groups in total. The maximum atomic E-state index is 11.6. The lowest BCUT2D eigenvalue weighted by Crippen LogP contribution is -2.40. The molecule has 0 saturated heterocycles. The van der Waals surface area contributed by atoms with Gasteiger partial charge in [-0.2, -0.15) is 0 Å². The number of carbonyl (C=O) groups is 1. The second-order valence-corrected chi connectivity index (χ2v) is 6.42. The quantitative estimate of drug-likeness (QED) is 0.810. The molecule has 0 amide bonds. The van der Waals surface area contributed by atoms with Crippen molar-refractivity contribution in [3.8, 4) is 0 Å². The molecule has 0 spiro atoms. The highest BCUT2D eigenvalue weighted by Crippen LogP contribution is 2.31. The van der Waals surface area contributed by atoms with Crippen molar-refractivity contribution in [1.29, 1.82) is 0 Å². The van der Waals surface area contributed by atoms with Crippen LogP contribution in [-0.2, 0) is 0 Å². The maximum Gasteiger partial charge on any atom is 0.337 e. The second kappa shape index (κ2) is 6.83. The van der Waals surface area contributed by atoms with Crippen molar-refractivity contribution < 1.29 is 9.90 Å². The van der Waals surface area contributed by atoms with E-state index in [2.05, 4.69) is 18.7 Å². The standard InChI is InChI=1S/C17H26N2O2/c1-12(2)11-19(14-6-4-3-5-7-14)16-9-8-13(18)10-15(16)17(20)21/h8-10,12,14H,3-7,11,18H2,1-2H3,(H,20,21). The first-order chi connectivity index (χ1) is 9.99. The highest BCUT2D eigenvalue weighted by Gasteiger charge is 2.25. The van der Waals surface area contributed by atoms with Crippen molar-refractivity contribution in [3.05, 3.63) is 23.8 Å². The Balaban J connectivity index is 2.37. The largest absolute Gasteiger partial charge is 0.478 e. The summed E-state index contributed by atoms with van der Waals surface area (Å²) >= 11 is 0. The van der Waals surface area contributed by atoms with Crippen LogP contribution in [0.15, 0.2) is 18.2 Å². The third-order valence-corrected chi connectivity index (χ3v) is 4.14. The molecule has 21 heavy (non-hydrogen) atoms. The summed E-state index contributed by atoms with van der Waals surface area (Å²) < 4.78 is 0. The number of nitrogens with zero attached hydrogens (tertiary/aromatic N) is 1. The lowest BCUT2D eigenvalue weighted by Gasteiger charge is -2.38. The first kappa shape index (κ1) is 15.7. The normalized spacial score (nSPS) is 16.1. The Kier molecular flexibility index (Phi) is 5.10. The summed E-state index contributed by atoms with van der Waals surface area (Å²) in [7, 11) is 0. The number of hydrogen-bond acceptors (Lipinski definition) is 3. The van der Waals surface area contributed by atoms with Crippen LogP contribution in [-0.4, -0.2) is 23.7 Å². The lowest BCUT2D eigenvalue weighted by atomic mass is 9.92. The third kappa shape index (κ3) is 3.90. The van der Waals surface area contributed by atoms with E-state index in [9.17, 15) is 9.90 Å². The van der Waals surface area contributed by atoms with Gasteiger partial charge in [0.15, 0.2) is 0 Å². The fourth-order valence-electron chi connectivity index (χ4n) is 3.21. The number of aromatic carboxylic acids is 1. The first-order valence-corrected chi connectivity index (χ1v) is 7.88. The van der Waals surface area contributed by atoms with Crippen LogP contribution in [0, 0.1) is 5.92 Å². The predicted molar refractivity (Wildman–Crippen MR) is 86.9 cm³/mol. The predicted octanol–water partition coefficient (Wildman–Crippen LogP) is 3.76. The minimum Gasteiger partial charge on any atom is -0.478 e. The van der Waals surface area contributed by atoms with Gasteiger partial charge < -0.3 is 15.7 Å². The molecule has 1 aromatic rings. The number of carboxylic acid groups (broad SMARTS) is 1. The summed E-state index contributed by atoms with van der Waals surface area (Å²) in [4.78, 5) is 13.9. The highest BCUT2D eigenvalue weighted by atomic mass is 16.4. The van der Waals surface area contributed by atoms with Gasteiger partial charge in [-0.05, 0) is 37.0 Å². The van der Waals surface area contributed by atoms with Gasteiger partial charge in [-0.25, -0.2) is 4.79 Å². The molecule has 116 valence electrons. The van der Waals surface area contributed by atoms with Gasteiger partial charge in [0.25, 0.3) is 0 Å². The van der Waals surface area contributed by atoms with Crippen LogP contribution in [0.1, 0.15) is 56.3 Å². The molecule has 2 rings (SSSR count). The van der Waals surface area contributed by atoms with E-state index in [1.807, 2.05) is 6.07 Å². The van der Waals surface area contributed by atoms with Crippen molar-refractivity contribution >= 4 is 17.3 Å². The van der Waals surface area contributed by atoms with Crippen molar-refractivity contribution in [2.45, 2.75) is 52.0 Å². The van der Waals surface area contributed by atoms with Gasteiger partial charge in [-0.15, -0.1) is 0 Å². The van der Waals surface area contributed by atoms with Crippen molar-refractivity contribution in [2.75, 3.05) is 17.2 Å². The van der Waals surface area contributed by atoms with E-state index in [-0.39, 0.29) is 0 Å². The average molecular weight is 290 g/mol. The molecule has 1 fully saturated rings. The van der Waals surface area contributed by atoms with Gasteiger partial charge in [-0.1, -0.05) is 33.1 Å². The number of carboxylic acids is 1. The maximum absolute atomic E-state index is 11.6. The molecule has 1 aliphatic rings. The third-order valence-electron chi connectivity index (χ3n) is 4.14. The summed E-state index contributed by atoms with van der Waals surface area (Å²) in [5.41, 5.74) is 7.40. The van der Waals surface area contributed by atoms with Gasteiger partial charge in [-0.3, -0.25) is 0 Å². The molecule has 0 heterocycles. The van der Waals surface area contributed by atoms with Crippen LogP contribution in [0.2, 0.25) is 0 Å². The van der Waals surface area contributed by atoms with Gasteiger partial charge >= 0.3 is 5.97 Å². The molecule has 4 nitrogen and oxygen atoms in total. The van der Waals surface area contributed by atoms with Gasteiger partial charge in [0.1, 0.15) is 0 Å². The molecule has 1 saturated carbocycles. The molecule has 0 unspecified atom stereocenters. The Hall–Kier alpha value is -1.71. The Bertz CT molecular complexity index is 494. The number of hydrogen-bond donors (Lipinski definition) is 2. The molecule has 4 heteroatoms. The molecular formula is C17H26N2O2. The van der Waals surface area contributed by atoms with Crippen LogP contribution >= 0.6 is 0 Å². The minimum absolute atomic E-state index is 0.321. The minimum atomic E-state index is -0.901. The number of nitrogen functional groups attached to an aromatic ring is 1. The van der Waals surface area contributed by atoms with E-state index in [1.165, 1.54) is 19.3 Å². The summed E-state index contributed by atoms with van der Waals surface area (Å²) in [6, 6.07) is 5.70. The first-order valence-electron chi connectivity index (χ1n) is 7.88. The summed E-state index contributed by atoms with van der Waals surface area (Å²) in [5.74, 6) is -0.409. The van der Waals surface area contributed by atoms with E-state index >= 15 is 0 Å². The number of benzene rings is 1. The highest BCUT2D eigenvalue weighted by molar-refractivity contribution is 5.95. The number of rotatable bonds is 5. The van der Waals surface area contributed by atoms with Crippen molar-refractivity contribution in [3.63, 3.8) is 0 Å². The van der Waals surface area contributed by atoms with Crippen LogP contribution in [0.5, 0.6) is 0 Å². The zero-order valence-electron chi connectivity index (χ0n) is 13.0. The lowest BCUT2D eigenvalue weighted by molar-refractivity contribution is 0.0697. The van der Waals surface area contributed by atoms with Gasteiger partial charge in [0.05, 0.1) is 11.3 Å². The van der Waals surface area contributed by atoms with E-state index in [0.29, 0.717) is 23.2 Å². The molecule has 0 atom stereocenters. The Morgan fingerprint density at radius 1 is 1.33 bits per heavy atom. The zero-order valence-corrected chi connectivity index (χ0v) is 13.0. The van der Waals surface area contributed by atoms with Gasteiger partial charge in [0, 0.05) is 18.3 Å². The number of nitrogens with two attached hydrogens (primary N) is 1. The second-order valence-electron chi connectivity index (χ2n) is 6.42. The topological polar surface area (TPSA) is 66.6 Å². The molecule has 0 aliphatic heterocycles.